The molecule has 0 bridgehead atoms. The largest absolute Gasteiger partial charge is 0.343 e. The van der Waals surface area contributed by atoms with E-state index in [4.69, 9.17) is 0 Å². The van der Waals surface area contributed by atoms with Crippen molar-refractivity contribution >= 4 is 0 Å². The van der Waals surface area contributed by atoms with E-state index >= 15 is 0 Å². The number of H-pyrrole nitrogens is 1. The molecule has 0 unspecified atom stereocenters. The molecule has 1 aromatic heterocycles. The van der Waals surface area contributed by atoms with Gasteiger partial charge in [0.05, 0.1) is 0 Å². The van der Waals surface area contributed by atoms with Crippen LogP contribution in [0.1, 0.15) is 5.56 Å². The van der Waals surface area contributed by atoms with E-state index in [0.29, 0.717) is 5.82 Å². The van der Waals surface area contributed by atoms with E-state index < -0.39 is 0 Å². The first-order valence-corrected chi connectivity index (χ1v) is 4.37. The number of hydrogen-bond acceptors (Lipinski definition) is 2. The van der Waals surface area contributed by atoms with Crippen molar-refractivity contribution in [2.75, 3.05) is 0 Å². The third-order valence-corrected chi connectivity index (χ3v) is 2.06. The second kappa shape index (κ2) is 3.14. The third-order valence-electron chi connectivity index (χ3n) is 2.06. The monoisotopic (exact) mass is 189 g/mol. The van der Waals surface area contributed by atoms with Gasteiger partial charge in [0.1, 0.15) is 0 Å². The van der Waals surface area contributed by atoms with E-state index in [1.54, 1.807) is 7.05 Å². The van der Waals surface area contributed by atoms with Crippen LogP contribution in [-0.2, 0) is 7.05 Å². The number of nitrogens with one attached hydrogen (secondary N) is 1. The number of aromatic nitrogens is 3. The van der Waals surface area contributed by atoms with Crippen LogP contribution in [0, 0.1) is 6.92 Å². The lowest BCUT2D eigenvalue weighted by atomic mass is 10.1. The van der Waals surface area contributed by atoms with Crippen molar-refractivity contribution in [1.82, 2.24) is 14.8 Å². The summed E-state index contributed by atoms with van der Waals surface area (Å²) >= 11 is 0. The lowest BCUT2D eigenvalue weighted by Crippen LogP contribution is -2.13. The van der Waals surface area contributed by atoms with Gasteiger partial charge < -0.3 is 0 Å². The molecule has 2 aromatic rings. The van der Waals surface area contributed by atoms with E-state index in [1.165, 1.54) is 4.68 Å². The molecule has 0 amide bonds. The van der Waals surface area contributed by atoms with Crippen LogP contribution in [-0.4, -0.2) is 14.8 Å². The van der Waals surface area contributed by atoms with Crippen LogP contribution in [0.2, 0.25) is 0 Å². The molecule has 2 rings (SSSR count). The molecular weight excluding hydrogens is 178 g/mol. The minimum Gasteiger partial charge on any atom is -0.289 e. The highest BCUT2D eigenvalue weighted by molar-refractivity contribution is 5.55. The number of aryl methyl sites for hydroxylation is 2. The summed E-state index contributed by atoms with van der Waals surface area (Å²) in [6, 6.07) is 7.85. The average molecular weight is 189 g/mol. The van der Waals surface area contributed by atoms with Crippen LogP contribution in [0.5, 0.6) is 0 Å². The van der Waals surface area contributed by atoms with Crippen LogP contribution >= 0.6 is 0 Å². The van der Waals surface area contributed by atoms with Gasteiger partial charge in [-0.05, 0) is 13.0 Å². The van der Waals surface area contributed by atoms with Gasteiger partial charge in [-0.15, -0.1) is 0 Å². The second-order valence-corrected chi connectivity index (χ2v) is 3.27. The zero-order chi connectivity index (χ0) is 10.1. The molecule has 0 aliphatic carbocycles. The molecule has 0 atom stereocenters. The Kier molecular flexibility index (Phi) is 1.96. The summed E-state index contributed by atoms with van der Waals surface area (Å²) in [7, 11) is 1.62. The molecule has 14 heavy (non-hydrogen) atoms. The van der Waals surface area contributed by atoms with Crippen LogP contribution in [0.15, 0.2) is 29.1 Å². The van der Waals surface area contributed by atoms with E-state index in [9.17, 15) is 4.79 Å². The van der Waals surface area contributed by atoms with Crippen molar-refractivity contribution in [2.45, 2.75) is 6.92 Å². The van der Waals surface area contributed by atoms with Gasteiger partial charge in [-0.2, -0.15) is 5.10 Å². The van der Waals surface area contributed by atoms with Gasteiger partial charge >= 0.3 is 5.69 Å². The maximum absolute atomic E-state index is 11.1. The van der Waals surface area contributed by atoms with Crippen molar-refractivity contribution in [3.63, 3.8) is 0 Å². The molecule has 1 heterocycles. The Labute approximate surface area is 81.2 Å². The maximum atomic E-state index is 11.1. The Bertz CT molecular complexity index is 510. The van der Waals surface area contributed by atoms with Gasteiger partial charge in [0.2, 0.25) is 0 Å². The van der Waals surface area contributed by atoms with E-state index in [0.717, 1.165) is 11.1 Å². The summed E-state index contributed by atoms with van der Waals surface area (Å²) in [5, 5.41) is 4.07. The highest BCUT2D eigenvalue weighted by atomic mass is 16.1. The zero-order valence-corrected chi connectivity index (χ0v) is 8.11. The third kappa shape index (κ3) is 1.46. The molecule has 72 valence electrons. The van der Waals surface area contributed by atoms with Crippen molar-refractivity contribution in [2.24, 2.45) is 7.05 Å². The van der Waals surface area contributed by atoms with Crippen LogP contribution in [0.25, 0.3) is 11.4 Å². The molecule has 0 radical (unpaired) electrons. The van der Waals surface area contributed by atoms with Crippen molar-refractivity contribution in [1.29, 1.82) is 0 Å². The fourth-order valence-corrected chi connectivity index (χ4v) is 1.32. The van der Waals surface area contributed by atoms with E-state index in [1.807, 2.05) is 31.2 Å². The standard InChI is InChI=1S/C10H11N3O/c1-7-4-3-5-8(6-7)9-11-10(14)13(2)12-9/h3-6H,1-2H3,(H,11,12,14). The molecular formula is C10H11N3O. The summed E-state index contributed by atoms with van der Waals surface area (Å²) in [5.74, 6) is 0.612. The first-order chi connectivity index (χ1) is 6.66. The summed E-state index contributed by atoms with van der Waals surface area (Å²) in [4.78, 5) is 13.8. The fraction of sp³-hybridized carbons (Fsp3) is 0.200. The van der Waals surface area contributed by atoms with Crippen molar-refractivity contribution in [3.05, 3.63) is 40.3 Å². The molecule has 0 aliphatic rings. The molecule has 0 aliphatic heterocycles. The minimum absolute atomic E-state index is 0.193. The number of nitrogens with zero attached hydrogens (tertiary/aromatic N) is 2. The Balaban J connectivity index is 2.54. The smallest absolute Gasteiger partial charge is 0.289 e. The molecule has 1 N–H and O–H groups in total. The predicted molar refractivity (Wildman–Crippen MR) is 54.0 cm³/mol. The lowest BCUT2D eigenvalue weighted by molar-refractivity contribution is 0.736. The van der Waals surface area contributed by atoms with E-state index in [-0.39, 0.29) is 5.69 Å². The highest BCUT2D eigenvalue weighted by Crippen LogP contribution is 2.13. The van der Waals surface area contributed by atoms with Gasteiger partial charge in [-0.25, -0.2) is 9.48 Å². The normalized spacial score (nSPS) is 10.4. The summed E-state index contributed by atoms with van der Waals surface area (Å²) < 4.78 is 1.29. The summed E-state index contributed by atoms with van der Waals surface area (Å²) in [6.45, 7) is 2.00. The van der Waals surface area contributed by atoms with Gasteiger partial charge in [0, 0.05) is 12.6 Å². The van der Waals surface area contributed by atoms with Crippen molar-refractivity contribution in [3.8, 4) is 11.4 Å². The Morgan fingerprint density at radius 1 is 1.43 bits per heavy atom. The maximum Gasteiger partial charge on any atom is 0.343 e. The molecule has 0 saturated carbocycles. The highest BCUT2D eigenvalue weighted by Gasteiger charge is 2.03. The van der Waals surface area contributed by atoms with Gasteiger partial charge in [0.25, 0.3) is 0 Å². The Morgan fingerprint density at radius 3 is 2.79 bits per heavy atom. The SMILES string of the molecule is Cc1cccc(-c2nn(C)c(=O)[nH]2)c1. The van der Waals surface area contributed by atoms with E-state index in [2.05, 4.69) is 10.1 Å². The number of rotatable bonds is 1. The number of benzene rings is 1. The Hall–Kier alpha value is -1.84. The Morgan fingerprint density at radius 2 is 2.21 bits per heavy atom. The molecule has 1 aromatic carbocycles. The van der Waals surface area contributed by atoms with Gasteiger partial charge in [-0.1, -0.05) is 23.8 Å². The first-order valence-electron chi connectivity index (χ1n) is 4.37. The summed E-state index contributed by atoms with van der Waals surface area (Å²) in [6.07, 6.45) is 0. The second-order valence-electron chi connectivity index (χ2n) is 3.27. The molecule has 0 spiro atoms. The van der Waals surface area contributed by atoms with Crippen LogP contribution < -0.4 is 5.69 Å². The van der Waals surface area contributed by atoms with Crippen LogP contribution in [0.4, 0.5) is 0 Å². The molecule has 4 heteroatoms. The topological polar surface area (TPSA) is 50.7 Å². The van der Waals surface area contributed by atoms with Crippen molar-refractivity contribution < 1.29 is 0 Å². The minimum atomic E-state index is -0.193. The molecule has 4 nitrogen and oxygen atoms in total. The molecule has 0 fully saturated rings. The fourth-order valence-electron chi connectivity index (χ4n) is 1.32. The number of hydrogen-bond donors (Lipinski definition) is 1. The van der Waals surface area contributed by atoms with Gasteiger partial charge in [-0.3, -0.25) is 4.98 Å². The van der Waals surface area contributed by atoms with Crippen LogP contribution in [0.3, 0.4) is 0 Å². The molecule has 0 saturated heterocycles. The van der Waals surface area contributed by atoms with Gasteiger partial charge in [0.15, 0.2) is 5.82 Å². The number of aromatic amines is 1. The first kappa shape index (κ1) is 8.74. The zero-order valence-electron chi connectivity index (χ0n) is 8.11. The average Bonchev–Trinajstić information content (AvgIpc) is 2.47. The lowest BCUT2D eigenvalue weighted by Gasteiger charge is -1.96. The summed E-state index contributed by atoms with van der Waals surface area (Å²) in [5.41, 5.74) is 1.89. The predicted octanol–water partition coefficient (Wildman–Crippen LogP) is 1.08. The quantitative estimate of drug-likeness (QED) is 0.729.